The van der Waals surface area contributed by atoms with E-state index in [2.05, 4.69) is 22.4 Å². The molecular formula is C14H26N2S. The average Bonchev–Trinajstić information content (AvgIpc) is 2.92. The van der Waals surface area contributed by atoms with Gasteiger partial charge in [-0.15, -0.1) is 0 Å². The predicted molar refractivity (Wildman–Crippen MR) is 75.8 cm³/mol. The van der Waals surface area contributed by atoms with Gasteiger partial charge in [0.15, 0.2) is 0 Å². The summed E-state index contributed by atoms with van der Waals surface area (Å²) in [6.07, 6.45) is 8.68. The van der Waals surface area contributed by atoms with E-state index in [1.165, 1.54) is 71.2 Å². The van der Waals surface area contributed by atoms with E-state index in [-0.39, 0.29) is 0 Å². The molecule has 2 aliphatic carbocycles. The van der Waals surface area contributed by atoms with E-state index in [1.807, 2.05) is 0 Å². The molecule has 0 aromatic rings. The first-order chi connectivity index (χ1) is 8.31. The third-order valence-corrected chi connectivity index (χ3v) is 5.77. The molecule has 3 aliphatic rings. The molecule has 17 heavy (non-hydrogen) atoms. The monoisotopic (exact) mass is 254 g/mol. The molecule has 0 spiro atoms. The van der Waals surface area contributed by atoms with Gasteiger partial charge < -0.3 is 4.90 Å². The number of rotatable bonds is 4. The number of piperazine rings is 1. The Morgan fingerprint density at radius 2 is 1.65 bits per heavy atom. The maximum Gasteiger partial charge on any atom is 0.0113 e. The summed E-state index contributed by atoms with van der Waals surface area (Å²) in [5, 5.41) is 0. The van der Waals surface area contributed by atoms with Gasteiger partial charge in [0.05, 0.1) is 0 Å². The van der Waals surface area contributed by atoms with Crippen molar-refractivity contribution < 1.29 is 0 Å². The number of hydrogen-bond acceptors (Lipinski definition) is 3. The van der Waals surface area contributed by atoms with Crippen LogP contribution < -0.4 is 0 Å². The Bertz CT molecular complexity index is 251. The molecule has 0 bridgehead atoms. The highest BCUT2D eigenvalue weighted by Crippen LogP contribution is 2.47. The van der Waals surface area contributed by atoms with Crippen LogP contribution in [0.4, 0.5) is 0 Å². The van der Waals surface area contributed by atoms with Crippen LogP contribution in [0.2, 0.25) is 0 Å². The maximum atomic E-state index is 4.52. The molecule has 3 heteroatoms. The van der Waals surface area contributed by atoms with Gasteiger partial charge in [0.1, 0.15) is 0 Å². The van der Waals surface area contributed by atoms with Gasteiger partial charge in [-0.25, -0.2) is 0 Å². The molecule has 98 valence electrons. The van der Waals surface area contributed by atoms with Gasteiger partial charge in [-0.1, -0.05) is 12.8 Å². The Hall–Kier alpha value is 0.270. The van der Waals surface area contributed by atoms with Crippen LogP contribution in [0, 0.1) is 5.41 Å². The SMILES string of the molecule is SCC1(CN2CCN(C3CCCC3)CC2)CC1. The van der Waals surface area contributed by atoms with Gasteiger partial charge in [0, 0.05) is 38.8 Å². The molecule has 0 amide bonds. The van der Waals surface area contributed by atoms with Crippen molar-refractivity contribution in [2.45, 2.75) is 44.6 Å². The third kappa shape index (κ3) is 2.82. The highest BCUT2D eigenvalue weighted by atomic mass is 32.1. The van der Waals surface area contributed by atoms with Gasteiger partial charge in [-0.2, -0.15) is 12.6 Å². The van der Waals surface area contributed by atoms with E-state index in [0.717, 1.165) is 11.8 Å². The zero-order chi connectivity index (χ0) is 11.7. The fraction of sp³-hybridized carbons (Fsp3) is 1.00. The lowest BCUT2D eigenvalue weighted by Crippen LogP contribution is -2.51. The van der Waals surface area contributed by atoms with Gasteiger partial charge >= 0.3 is 0 Å². The lowest BCUT2D eigenvalue weighted by Gasteiger charge is -2.39. The molecule has 2 saturated carbocycles. The quantitative estimate of drug-likeness (QED) is 0.769. The molecule has 1 aliphatic heterocycles. The van der Waals surface area contributed by atoms with E-state index >= 15 is 0 Å². The predicted octanol–water partition coefficient (Wildman–Crippen LogP) is 2.26. The summed E-state index contributed by atoms with van der Waals surface area (Å²) in [7, 11) is 0. The highest BCUT2D eigenvalue weighted by molar-refractivity contribution is 7.80. The van der Waals surface area contributed by atoms with Crippen molar-refractivity contribution in [3.8, 4) is 0 Å². The number of thiol groups is 1. The molecule has 3 fully saturated rings. The Balaban J connectivity index is 1.44. The summed E-state index contributed by atoms with van der Waals surface area (Å²) in [6, 6.07) is 0.928. The lowest BCUT2D eigenvalue weighted by molar-refractivity contribution is 0.0870. The lowest BCUT2D eigenvalue weighted by atomic mass is 10.1. The molecular weight excluding hydrogens is 228 g/mol. The van der Waals surface area contributed by atoms with Crippen LogP contribution >= 0.6 is 12.6 Å². The third-order valence-electron chi connectivity index (χ3n) is 5.10. The van der Waals surface area contributed by atoms with Crippen molar-refractivity contribution in [3.63, 3.8) is 0 Å². The van der Waals surface area contributed by atoms with Crippen LogP contribution in [0.15, 0.2) is 0 Å². The van der Waals surface area contributed by atoms with E-state index in [1.54, 1.807) is 0 Å². The summed E-state index contributed by atoms with van der Waals surface area (Å²) < 4.78 is 0. The van der Waals surface area contributed by atoms with Crippen molar-refractivity contribution in [2.75, 3.05) is 38.5 Å². The smallest absolute Gasteiger partial charge is 0.0113 e. The van der Waals surface area contributed by atoms with E-state index in [9.17, 15) is 0 Å². The van der Waals surface area contributed by atoms with Gasteiger partial charge in [-0.3, -0.25) is 4.90 Å². The number of nitrogens with zero attached hydrogens (tertiary/aromatic N) is 2. The standard InChI is InChI=1S/C14H26N2S/c17-12-14(5-6-14)11-15-7-9-16(10-8-15)13-3-1-2-4-13/h13,17H,1-12H2. The molecule has 0 aromatic heterocycles. The Labute approximate surface area is 111 Å². The van der Waals surface area contributed by atoms with Crippen molar-refractivity contribution >= 4 is 12.6 Å². The summed E-state index contributed by atoms with van der Waals surface area (Å²) in [5.74, 6) is 1.09. The van der Waals surface area contributed by atoms with Crippen LogP contribution in [-0.4, -0.2) is 54.3 Å². The minimum atomic E-state index is 0.610. The molecule has 1 heterocycles. The summed E-state index contributed by atoms with van der Waals surface area (Å²) >= 11 is 4.52. The van der Waals surface area contributed by atoms with Crippen LogP contribution in [0.5, 0.6) is 0 Å². The van der Waals surface area contributed by atoms with Crippen molar-refractivity contribution in [1.82, 2.24) is 9.80 Å². The molecule has 0 aromatic carbocycles. The molecule has 2 nitrogen and oxygen atoms in total. The first-order valence-corrected chi connectivity index (χ1v) is 8.02. The molecule has 0 radical (unpaired) electrons. The molecule has 0 unspecified atom stereocenters. The minimum Gasteiger partial charge on any atom is -0.300 e. The zero-order valence-corrected chi connectivity index (χ0v) is 11.8. The van der Waals surface area contributed by atoms with E-state index in [0.29, 0.717) is 5.41 Å². The fourth-order valence-corrected chi connectivity index (χ4v) is 3.99. The van der Waals surface area contributed by atoms with Crippen LogP contribution in [0.25, 0.3) is 0 Å². The normalized spacial score (nSPS) is 30.9. The maximum absolute atomic E-state index is 4.52. The Morgan fingerprint density at radius 3 is 2.18 bits per heavy atom. The number of hydrogen-bond donors (Lipinski definition) is 1. The van der Waals surface area contributed by atoms with E-state index < -0.39 is 0 Å². The van der Waals surface area contributed by atoms with Gasteiger partial charge in [-0.05, 0) is 36.9 Å². The highest BCUT2D eigenvalue weighted by Gasteiger charge is 2.42. The fourth-order valence-electron chi connectivity index (χ4n) is 3.57. The van der Waals surface area contributed by atoms with Crippen molar-refractivity contribution in [1.29, 1.82) is 0 Å². The van der Waals surface area contributed by atoms with Crippen LogP contribution in [0.1, 0.15) is 38.5 Å². The van der Waals surface area contributed by atoms with Crippen molar-refractivity contribution in [2.24, 2.45) is 5.41 Å². The average molecular weight is 254 g/mol. The summed E-state index contributed by atoms with van der Waals surface area (Å²) in [6.45, 7) is 6.54. The Morgan fingerprint density at radius 1 is 1.00 bits per heavy atom. The minimum absolute atomic E-state index is 0.610. The first-order valence-electron chi connectivity index (χ1n) is 7.39. The van der Waals surface area contributed by atoms with E-state index in [4.69, 9.17) is 0 Å². The van der Waals surface area contributed by atoms with Crippen LogP contribution in [0.3, 0.4) is 0 Å². The second-order valence-electron chi connectivity index (χ2n) is 6.41. The summed E-state index contributed by atoms with van der Waals surface area (Å²) in [4.78, 5) is 5.44. The molecule has 1 saturated heterocycles. The van der Waals surface area contributed by atoms with Gasteiger partial charge in [0.2, 0.25) is 0 Å². The first kappa shape index (κ1) is 12.3. The Kier molecular flexibility index (Phi) is 3.69. The topological polar surface area (TPSA) is 6.48 Å². The largest absolute Gasteiger partial charge is 0.300 e. The zero-order valence-electron chi connectivity index (χ0n) is 10.9. The molecule has 0 atom stereocenters. The second kappa shape index (κ2) is 5.10. The van der Waals surface area contributed by atoms with Gasteiger partial charge in [0.25, 0.3) is 0 Å². The second-order valence-corrected chi connectivity index (χ2v) is 6.72. The molecule has 0 N–H and O–H groups in total. The molecule has 3 rings (SSSR count). The van der Waals surface area contributed by atoms with Crippen LogP contribution in [-0.2, 0) is 0 Å². The van der Waals surface area contributed by atoms with Crippen molar-refractivity contribution in [3.05, 3.63) is 0 Å². The summed E-state index contributed by atoms with van der Waals surface area (Å²) in [5.41, 5.74) is 0.610.